The fourth-order valence-corrected chi connectivity index (χ4v) is 6.47. The maximum Gasteiger partial charge on any atom is 0.271 e. The van der Waals surface area contributed by atoms with Gasteiger partial charge in [-0.15, -0.1) is 0 Å². The quantitative estimate of drug-likeness (QED) is 0.285. The lowest BCUT2D eigenvalue weighted by Crippen LogP contribution is -2.40. The van der Waals surface area contributed by atoms with E-state index in [0.29, 0.717) is 37.8 Å². The van der Waals surface area contributed by atoms with E-state index in [1.807, 2.05) is 68.5 Å². The number of nitrogens with one attached hydrogen (secondary N) is 1. The molecule has 2 aromatic heterocycles. The topological polar surface area (TPSA) is 96.8 Å². The van der Waals surface area contributed by atoms with Crippen molar-refractivity contribution in [2.75, 3.05) is 5.32 Å². The van der Waals surface area contributed by atoms with Crippen LogP contribution in [-0.2, 0) is 15.6 Å². The minimum absolute atomic E-state index is 0.265. The summed E-state index contributed by atoms with van der Waals surface area (Å²) >= 11 is 1.28. The first-order valence-corrected chi connectivity index (χ1v) is 15.2. The Balaban J connectivity index is 1.70. The van der Waals surface area contributed by atoms with E-state index in [2.05, 4.69) is 46.9 Å². The lowest BCUT2D eigenvalue weighted by Gasteiger charge is -2.27. The van der Waals surface area contributed by atoms with Gasteiger partial charge in [-0.1, -0.05) is 71.1 Å². The summed E-state index contributed by atoms with van der Waals surface area (Å²) in [6.07, 6.45) is 1.85. The maximum atomic E-state index is 14.2. The van der Waals surface area contributed by atoms with Gasteiger partial charge < -0.3 is 14.8 Å². The molecular weight excluding hydrogens is 558 g/mol. The van der Waals surface area contributed by atoms with E-state index in [4.69, 9.17) is 9.41 Å². The summed E-state index contributed by atoms with van der Waals surface area (Å²) in [7, 11) is 0. The van der Waals surface area contributed by atoms with Gasteiger partial charge in [-0.3, -0.25) is 14.2 Å². The standard InChI is InChI=1S/C35H39N3O4S/c1-19-12-10-11-13-25(19)37-31(40)28-21(3)36-33-38(29(28)26-15-14-20(2)42-26)32(41)27(43-33)18-22-16-23(34(4,5)6)30(39)24(17-22)35(7,8)9/h10-18,29,39H,1-9H3,(H,37,40). The molecule has 0 saturated carbocycles. The summed E-state index contributed by atoms with van der Waals surface area (Å²) < 4.78 is 8.07. The van der Waals surface area contributed by atoms with Crippen LogP contribution >= 0.6 is 11.3 Å². The number of fused-ring (bicyclic) bond motifs is 1. The zero-order chi connectivity index (χ0) is 31.4. The lowest BCUT2D eigenvalue weighted by atomic mass is 9.78. The van der Waals surface area contributed by atoms with Crippen molar-refractivity contribution in [1.82, 2.24) is 4.57 Å². The highest BCUT2D eigenvalue weighted by atomic mass is 32.1. The number of aromatic nitrogens is 1. The molecule has 1 atom stereocenters. The monoisotopic (exact) mass is 597 g/mol. The van der Waals surface area contributed by atoms with Gasteiger partial charge in [0.05, 0.1) is 15.8 Å². The molecule has 0 bridgehead atoms. The van der Waals surface area contributed by atoms with Gasteiger partial charge in [-0.05, 0) is 79.1 Å². The number of aryl methyl sites for hydroxylation is 2. The first-order valence-electron chi connectivity index (χ1n) is 14.4. The van der Waals surface area contributed by atoms with Crippen LogP contribution in [0.4, 0.5) is 5.69 Å². The molecule has 224 valence electrons. The van der Waals surface area contributed by atoms with Gasteiger partial charge in [0.25, 0.3) is 11.5 Å². The molecule has 0 spiro atoms. The predicted octanol–water partition coefficient (Wildman–Crippen LogP) is 6.38. The average Bonchev–Trinajstić information content (AvgIpc) is 3.46. The molecule has 1 unspecified atom stereocenters. The van der Waals surface area contributed by atoms with E-state index < -0.39 is 6.04 Å². The van der Waals surface area contributed by atoms with Crippen LogP contribution in [0.5, 0.6) is 5.75 Å². The minimum Gasteiger partial charge on any atom is -0.507 e. The number of anilines is 1. The predicted molar refractivity (Wildman–Crippen MR) is 173 cm³/mol. The summed E-state index contributed by atoms with van der Waals surface area (Å²) in [5.74, 6) is 1.11. The van der Waals surface area contributed by atoms with Crippen LogP contribution in [0.3, 0.4) is 0 Å². The van der Waals surface area contributed by atoms with Gasteiger partial charge in [0, 0.05) is 16.8 Å². The molecule has 0 fully saturated rings. The molecule has 0 radical (unpaired) electrons. The molecule has 1 aliphatic heterocycles. The molecule has 1 aliphatic rings. The van der Waals surface area contributed by atoms with Gasteiger partial charge in [-0.2, -0.15) is 0 Å². The Bertz CT molecular complexity index is 1920. The summed E-state index contributed by atoms with van der Waals surface area (Å²) in [4.78, 5) is 33.2. The first-order chi connectivity index (χ1) is 20.1. The number of aromatic hydroxyl groups is 1. The number of benzene rings is 2. The Hall–Kier alpha value is -4.17. The Morgan fingerprint density at radius 2 is 1.63 bits per heavy atom. The number of nitrogens with zero attached hydrogens (tertiary/aromatic N) is 2. The van der Waals surface area contributed by atoms with Crippen molar-refractivity contribution in [1.29, 1.82) is 0 Å². The third kappa shape index (κ3) is 5.76. The Labute approximate surface area is 255 Å². The van der Waals surface area contributed by atoms with Crippen molar-refractivity contribution < 1.29 is 14.3 Å². The number of hydrogen-bond donors (Lipinski definition) is 2. The number of hydrogen-bond acceptors (Lipinski definition) is 6. The maximum absolute atomic E-state index is 14.2. The second kappa shape index (κ2) is 10.8. The number of furan rings is 1. The number of para-hydroxylation sites is 1. The van der Waals surface area contributed by atoms with E-state index in [0.717, 1.165) is 22.3 Å². The highest BCUT2D eigenvalue weighted by molar-refractivity contribution is 7.07. The van der Waals surface area contributed by atoms with E-state index in [-0.39, 0.29) is 28.0 Å². The number of phenolic OH excluding ortho intramolecular Hbond substituents is 1. The molecule has 5 rings (SSSR count). The second-order valence-electron chi connectivity index (χ2n) is 13.3. The molecule has 8 heteroatoms. The Kier molecular flexibility index (Phi) is 7.63. The van der Waals surface area contributed by atoms with Crippen LogP contribution in [-0.4, -0.2) is 15.6 Å². The molecular formula is C35H39N3O4S. The van der Waals surface area contributed by atoms with Crippen molar-refractivity contribution in [2.24, 2.45) is 4.99 Å². The molecule has 2 N–H and O–H groups in total. The normalized spacial score (nSPS) is 15.8. The number of carbonyl (C=O) groups excluding carboxylic acids is 1. The van der Waals surface area contributed by atoms with Gasteiger partial charge in [-0.25, -0.2) is 4.99 Å². The van der Waals surface area contributed by atoms with Crippen molar-refractivity contribution in [3.8, 4) is 5.75 Å². The molecule has 43 heavy (non-hydrogen) atoms. The summed E-state index contributed by atoms with van der Waals surface area (Å²) in [5.41, 5.74) is 4.05. The van der Waals surface area contributed by atoms with Gasteiger partial charge in [0.1, 0.15) is 23.3 Å². The third-order valence-corrected chi connectivity index (χ3v) is 8.72. The van der Waals surface area contributed by atoms with Crippen molar-refractivity contribution >= 4 is 29.0 Å². The number of rotatable bonds is 4. The van der Waals surface area contributed by atoms with Crippen LogP contribution in [0.15, 0.2) is 74.0 Å². The molecule has 0 saturated heterocycles. The highest BCUT2D eigenvalue weighted by Gasteiger charge is 2.35. The average molecular weight is 598 g/mol. The van der Waals surface area contributed by atoms with Crippen molar-refractivity contribution in [3.05, 3.63) is 113 Å². The summed E-state index contributed by atoms with van der Waals surface area (Å²) in [6.45, 7) is 17.9. The second-order valence-corrected chi connectivity index (χ2v) is 14.3. The first kappa shape index (κ1) is 30.3. The fraction of sp³-hybridized carbons (Fsp3) is 0.343. The van der Waals surface area contributed by atoms with Crippen molar-refractivity contribution in [2.45, 2.75) is 79.2 Å². The van der Waals surface area contributed by atoms with E-state index in [1.165, 1.54) is 11.3 Å². The lowest BCUT2D eigenvalue weighted by molar-refractivity contribution is -0.113. The van der Waals surface area contributed by atoms with Crippen molar-refractivity contribution in [3.63, 3.8) is 0 Å². The fourth-order valence-electron chi connectivity index (χ4n) is 5.42. The van der Waals surface area contributed by atoms with Gasteiger partial charge in [0.15, 0.2) is 4.80 Å². The zero-order valence-electron chi connectivity index (χ0n) is 26.2. The molecule has 2 aromatic carbocycles. The minimum atomic E-state index is -0.786. The molecule has 1 amide bonds. The van der Waals surface area contributed by atoms with E-state index >= 15 is 0 Å². The highest BCUT2D eigenvalue weighted by Crippen LogP contribution is 2.40. The number of carbonyl (C=O) groups is 1. The van der Waals surface area contributed by atoms with E-state index in [1.54, 1.807) is 11.5 Å². The van der Waals surface area contributed by atoms with Crippen LogP contribution < -0.4 is 20.2 Å². The number of amides is 1. The zero-order valence-corrected chi connectivity index (χ0v) is 27.1. The number of phenols is 1. The third-order valence-electron chi connectivity index (χ3n) is 7.74. The molecule has 4 aromatic rings. The van der Waals surface area contributed by atoms with Crippen LogP contribution in [0, 0.1) is 13.8 Å². The SMILES string of the molecule is CC1=C(C(=O)Nc2ccccc2C)C(c2ccc(C)o2)n2c(sc(=Cc3cc(C(C)(C)C)c(O)c(C(C)(C)C)c3)c2=O)=N1. The summed E-state index contributed by atoms with van der Waals surface area (Å²) in [6, 6.07) is 14.3. The van der Waals surface area contributed by atoms with Crippen LogP contribution in [0.1, 0.15) is 88.3 Å². The van der Waals surface area contributed by atoms with Gasteiger partial charge >= 0.3 is 0 Å². The molecule has 0 aliphatic carbocycles. The molecule has 3 heterocycles. The number of thiazole rings is 1. The molecule has 7 nitrogen and oxygen atoms in total. The van der Waals surface area contributed by atoms with E-state index in [9.17, 15) is 14.7 Å². The Morgan fingerprint density at radius 3 is 2.19 bits per heavy atom. The summed E-state index contributed by atoms with van der Waals surface area (Å²) in [5, 5.41) is 14.2. The largest absolute Gasteiger partial charge is 0.507 e. The number of allylic oxidation sites excluding steroid dienone is 1. The van der Waals surface area contributed by atoms with Crippen LogP contribution in [0.2, 0.25) is 0 Å². The van der Waals surface area contributed by atoms with Crippen LogP contribution in [0.25, 0.3) is 6.08 Å². The van der Waals surface area contributed by atoms with Gasteiger partial charge in [0.2, 0.25) is 0 Å². The smallest absolute Gasteiger partial charge is 0.271 e. The Morgan fingerprint density at radius 1 is 1.00 bits per heavy atom.